The average molecular weight is 247 g/mol. The number of carbonyl (C=O) groups is 1. The van der Waals surface area contributed by atoms with Gasteiger partial charge in [0, 0.05) is 24.7 Å². The van der Waals surface area contributed by atoms with Crippen molar-refractivity contribution in [2.75, 3.05) is 13.1 Å². The van der Waals surface area contributed by atoms with Crippen LogP contribution in [0, 0.1) is 5.92 Å². The molecule has 0 radical (unpaired) electrons. The third-order valence-electron chi connectivity index (χ3n) is 3.26. The van der Waals surface area contributed by atoms with Gasteiger partial charge in [-0.3, -0.25) is 4.79 Å². The van der Waals surface area contributed by atoms with Gasteiger partial charge in [0.25, 0.3) is 0 Å². The summed E-state index contributed by atoms with van der Waals surface area (Å²) in [5.41, 5.74) is 6.72. The number of nitrogens with zero attached hydrogens (tertiary/aromatic N) is 1. The molecule has 2 N–H and O–H groups in total. The van der Waals surface area contributed by atoms with Crippen molar-refractivity contribution in [2.45, 2.75) is 39.7 Å². The van der Waals surface area contributed by atoms with E-state index in [1.807, 2.05) is 31.7 Å². The topological polar surface area (TPSA) is 46.3 Å². The van der Waals surface area contributed by atoms with Crippen LogP contribution in [-0.2, 0) is 4.79 Å². The van der Waals surface area contributed by atoms with Crippen LogP contribution in [0.2, 0.25) is 0 Å². The van der Waals surface area contributed by atoms with Crippen molar-refractivity contribution in [3.05, 3.63) is 11.6 Å². The predicted octanol–water partition coefficient (Wildman–Crippen LogP) is 1.96. The van der Waals surface area contributed by atoms with Gasteiger partial charge in [-0.25, -0.2) is 0 Å². The zero-order chi connectivity index (χ0) is 11.4. The van der Waals surface area contributed by atoms with E-state index in [0.717, 1.165) is 31.5 Å². The Balaban J connectivity index is 0.00000225. The van der Waals surface area contributed by atoms with Crippen molar-refractivity contribution in [3.8, 4) is 0 Å². The predicted molar refractivity (Wildman–Crippen MR) is 69.6 cm³/mol. The zero-order valence-corrected chi connectivity index (χ0v) is 11.2. The Morgan fingerprint density at radius 3 is 2.69 bits per heavy atom. The number of allylic oxidation sites excluding steroid dienone is 1. The molecule has 4 heteroatoms. The lowest BCUT2D eigenvalue weighted by Gasteiger charge is -2.34. The highest BCUT2D eigenvalue weighted by Gasteiger charge is 2.25. The summed E-state index contributed by atoms with van der Waals surface area (Å²) in [6.45, 7) is 7.51. The molecule has 0 bridgehead atoms. The summed E-state index contributed by atoms with van der Waals surface area (Å²) in [6.07, 6.45) is 4.10. The number of rotatable bonds is 2. The molecule has 1 aliphatic heterocycles. The Morgan fingerprint density at radius 1 is 1.56 bits per heavy atom. The first-order chi connectivity index (χ1) is 7.06. The van der Waals surface area contributed by atoms with Gasteiger partial charge in [-0.05, 0) is 39.5 Å². The quantitative estimate of drug-likeness (QED) is 0.758. The van der Waals surface area contributed by atoms with Crippen LogP contribution in [0.4, 0.5) is 0 Å². The molecule has 0 spiro atoms. The number of carbonyl (C=O) groups excluding carboxylic acids is 1. The fourth-order valence-corrected chi connectivity index (χ4v) is 2.00. The van der Waals surface area contributed by atoms with E-state index in [0.29, 0.717) is 5.92 Å². The fraction of sp³-hybridized carbons (Fsp3) is 0.750. The van der Waals surface area contributed by atoms with Gasteiger partial charge in [-0.1, -0.05) is 6.08 Å². The fourth-order valence-electron chi connectivity index (χ4n) is 2.00. The minimum absolute atomic E-state index is 0. The highest BCUT2D eigenvalue weighted by atomic mass is 35.5. The maximum atomic E-state index is 11.9. The van der Waals surface area contributed by atoms with Crippen LogP contribution in [0.25, 0.3) is 0 Å². The van der Waals surface area contributed by atoms with E-state index in [2.05, 4.69) is 0 Å². The maximum Gasteiger partial charge on any atom is 0.249 e. The summed E-state index contributed by atoms with van der Waals surface area (Å²) in [5, 5.41) is 0. The second-order valence-electron chi connectivity index (χ2n) is 4.48. The Kier molecular flexibility index (Phi) is 6.68. The van der Waals surface area contributed by atoms with E-state index in [1.165, 1.54) is 0 Å². The number of nitrogens with two attached hydrogens (primary N) is 1. The first-order valence-electron chi connectivity index (χ1n) is 5.74. The number of hydrogen-bond acceptors (Lipinski definition) is 2. The van der Waals surface area contributed by atoms with Gasteiger partial charge in [0.1, 0.15) is 0 Å². The minimum Gasteiger partial charge on any atom is -0.339 e. The molecule has 0 aromatic rings. The molecule has 1 saturated heterocycles. The molecule has 0 saturated carbocycles. The van der Waals surface area contributed by atoms with Gasteiger partial charge in [0.15, 0.2) is 0 Å². The summed E-state index contributed by atoms with van der Waals surface area (Å²) in [5.74, 6) is 0.634. The van der Waals surface area contributed by atoms with Gasteiger partial charge < -0.3 is 10.6 Å². The molecule has 1 fully saturated rings. The number of amides is 1. The van der Waals surface area contributed by atoms with Gasteiger partial charge in [-0.15, -0.1) is 12.4 Å². The number of halogens is 1. The SMILES string of the molecule is CC=C(C)C(=O)N1CCCC(C(C)N)C1.Cl. The van der Waals surface area contributed by atoms with E-state index < -0.39 is 0 Å². The lowest BCUT2D eigenvalue weighted by molar-refractivity contribution is -0.128. The van der Waals surface area contributed by atoms with E-state index in [9.17, 15) is 4.79 Å². The molecule has 1 aliphatic rings. The molecule has 2 unspecified atom stereocenters. The summed E-state index contributed by atoms with van der Waals surface area (Å²) in [6, 6.07) is 0.187. The minimum atomic E-state index is 0. The molecule has 16 heavy (non-hydrogen) atoms. The monoisotopic (exact) mass is 246 g/mol. The number of piperidine rings is 1. The smallest absolute Gasteiger partial charge is 0.249 e. The van der Waals surface area contributed by atoms with Crippen LogP contribution < -0.4 is 5.73 Å². The summed E-state index contributed by atoms with van der Waals surface area (Å²) >= 11 is 0. The highest BCUT2D eigenvalue weighted by Crippen LogP contribution is 2.20. The molecular formula is C12H23ClN2O. The van der Waals surface area contributed by atoms with Crippen molar-refractivity contribution < 1.29 is 4.79 Å². The van der Waals surface area contributed by atoms with E-state index in [-0.39, 0.29) is 24.4 Å². The molecule has 0 aromatic heterocycles. The van der Waals surface area contributed by atoms with E-state index in [1.54, 1.807) is 0 Å². The molecule has 1 amide bonds. The van der Waals surface area contributed by atoms with Crippen LogP contribution in [0.3, 0.4) is 0 Å². The summed E-state index contributed by atoms with van der Waals surface area (Å²) < 4.78 is 0. The first kappa shape index (κ1) is 15.5. The number of hydrogen-bond donors (Lipinski definition) is 1. The average Bonchev–Trinajstić information content (AvgIpc) is 2.27. The standard InChI is InChI=1S/C12H22N2O.ClH/c1-4-9(2)12(15)14-7-5-6-11(8-14)10(3)13;/h4,10-11H,5-8,13H2,1-3H3;1H. The molecule has 1 rings (SSSR count). The molecule has 0 aromatic carbocycles. The molecule has 2 atom stereocenters. The lowest BCUT2D eigenvalue weighted by atomic mass is 9.92. The molecule has 94 valence electrons. The van der Waals surface area contributed by atoms with Gasteiger partial charge in [0.2, 0.25) is 5.91 Å². The first-order valence-corrected chi connectivity index (χ1v) is 5.74. The normalized spacial score (nSPS) is 23.6. The summed E-state index contributed by atoms with van der Waals surface area (Å²) in [7, 11) is 0. The van der Waals surface area contributed by atoms with Crippen LogP contribution in [0.1, 0.15) is 33.6 Å². The Hall–Kier alpha value is -0.540. The van der Waals surface area contributed by atoms with E-state index in [4.69, 9.17) is 5.73 Å². The Bertz CT molecular complexity index is 264. The summed E-state index contributed by atoms with van der Waals surface area (Å²) in [4.78, 5) is 13.9. The maximum absolute atomic E-state index is 11.9. The van der Waals surface area contributed by atoms with Crippen molar-refractivity contribution >= 4 is 18.3 Å². The van der Waals surface area contributed by atoms with Gasteiger partial charge >= 0.3 is 0 Å². The van der Waals surface area contributed by atoms with Crippen molar-refractivity contribution in [1.82, 2.24) is 4.90 Å². The number of likely N-dealkylation sites (tertiary alicyclic amines) is 1. The van der Waals surface area contributed by atoms with Crippen LogP contribution in [0.5, 0.6) is 0 Å². The van der Waals surface area contributed by atoms with Crippen molar-refractivity contribution in [3.63, 3.8) is 0 Å². The second kappa shape index (κ2) is 6.92. The van der Waals surface area contributed by atoms with Gasteiger partial charge in [0.05, 0.1) is 0 Å². The zero-order valence-electron chi connectivity index (χ0n) is 10.4. The van der Waals surface area contributed by atoms with Crippen LogP contribution in [-0.4, -0.2) is 29.9 Å². The molecule has 3 nitrogen and oxygen atoms in total. The third kappa shape index (κ3) is 3.80. The molecular weight excluding hydrogens is 224 g/mol. The Morgan fingerprint density at radius 2 is 2.19 bits per heavy atom. The third-order valence-corrected chi connectivity index (χ3v) is 3.26. The molecule has 1 heterocycles. The van der Waals surface area contributed by atoms with Crippen molar-refractivity contribution in [1.29, 1.82) is 0 Å². The second-order valence-corrected chi connectivity index (χ2v) is 4.48. The molecule has 0 aliphatic carbocycles. The lowest BCUT2D eigenvalue weighted by Crippen LogP contribution is -2.45. The largest absolute Gasteiger partial charge is 0.339 e. The van der Waals surface area contributed by atoms with E-state index >= 15 is 0 Å². The van der Waals surface area contributed by atoms with Gasteiger partial charge in [-0.2, -0.15) is 0 Å². The van der Waals surface area contributed by atoms with Crippen LogP contribution in [0.15, 0.2) is 11.6 Å². The highest BCUT2D eigenvalue weighted by molar-refractivity contribution is 5.92. The van der Waals surface area contributed by atoms with Crippen LogP contribution >= 0.6 is 12.4 Å². The Labute approximate surface area is 104 Å². The van der Waals surface area contributed by atoms with Crippen molar-refractivity contribution in [2.24, 2.45) is 11.7 Å².